The summed E-state index contributed by atoms with van der Waals surface area (Å²) >= 11 is 5.80. The molecule has 0 unspecified atom stereocenters. The molecule has 9 heteroatoms. The van der Waals surface area contributed by atoms with Gasteiger partial charge in [0.15, 0.2) is 22.7 Å². The predicted molar refractivity (Wildman–Crippen MR) is 98.7 cm³/mol. The molecule has 0 spiro atoms. The lowest BCUT2D eigenvalue weighted by atomic mass is 10.2. The molecule has 7 nitrogen and oxygen atoms in total. The lowest BCUT2D eigenvalue weighted by Gasteiger charge is -2.19. The highest BCUT2D eigenvalue weighted by atomic mass is 35.5. The SMILES string of the molecule is CC(C)(C)OC(=O)Nc1ccc(Oc2ccnc3nc(Cl)cnc23)cc1F. The van der Waals surface area contributed by atoms with Gasteiger partial charge < -0.3 is 9.47 Å². The van der Waals surface area contributed by atoms with Crippen LogP contribution in [0.25, 0.3) is 11.2 Å². The maximum Gasteiger partial charge on any atom is 0.412 e. The largest absolute Gasteiger partial charge is 0.455 e. The quantitative estimate of drug-likeness (QED) is 0.680. The summed E-state index contributed by atoms with van der Waals surface area (Å²) in [7, 11) is 0. The first kappa shape index (κ1) is 18.8. The van der Waals surface area contributed by atoms with Crippen molar-refractivity contribution in [2.24, 2.45) is 0 Å². The van der Waals surface area contributed by atoms with E-state index in [1.165, 1.54) is 24.5 Å². The fourth-order valence-corrected chi connectivity index (χ4v) is 2.29. The zero-order chi connectivity index (χ0) is 19.6. The first-order chi connectivity index (χ1) is 12.7. The van der Waals surface area contributed by atoms with Gasteiger partial charge in [-0.05, 0) is 32.9 Å². The molecule has 2 aromatic heterocycles. The van der Waals surface area contributed by atoms with E-state index in [1.807, 2.05) is 0 Å². The Balaban J connectivity index is 1.80. The van der Waals surface area contributed by atoms with Gasteiger partial charge in [-0.15, -0.1) is 0 Å². The molecule has 2 heterocycles. The molecule has 0 bridgehead atoms. The number of aromatic nitrogens is 3. The molecule has 0 aliphatic rings. The van der Waals surface area contributed by atoms with Crippen LogP contribution in [0.2, 0.25) is 5.15 Å². The number of anilines is 1. The predicted octanol–water partition coefficient (Wildman–Crippen LogP) is 4.96. The van der Waals surface area contributed by atoms with Crippen LogP contribution in [0.1, 0.15) is 20.8 Å². The van der Waals surface area contributed by atoms with Gasteiger partial charge in [-0.3, -0.25) is 5.32 Å². The second kappa shape index (κ2) is 7.32. The third-order valence-electron chi connectivity index (χ3n) is 3.18. The van der Waals surface area contributed by atoms with E-state index in [4.69, 9.17) is 21.1 Å². The molecule has 1 aromatic carbocycles. The molecule has 0 saturated carbocycles. The maximum atomic E-state index is 14.3. The first-order valence-corrected chi connectivity index (χ1v) is 8.34. The number of nitrogens with one attached hydrogen (secondary N) is 1. The summed E-state index contributed by atoms with van der Waals surface area (Å²) in [6.45, 7) is 5.15. The number of carbonyl (C=O) groups excluding carboxylic acids is 1. The second-order valence-corrected chi connectivity index (χ2v) is 6.93. The Bertz CT molecular complexity index is 1010. The van der Waals surface area contributed by atoms with Crippen LogP contribution < -0.4 is 10.1 Å². The summed E-state index contributed by atoms with van der Waals surface area (Å²) < 4.78 is 25.1. The molecule has 1 amide bonds. The van der Waals surface area contributed by atoms with Gasteiger partial charge >= 0.3 is 6.09 Å². The van der Waals surface area contributed by atoms with E-state index in [1.54, 1.807) is 26.8 Å². The van der Waals surface area contributed by atoms with E-state index in [2.05, 4.69) is 20.3 Å². The van der Waals surface area contributed by atoms with Crippen molar-refractivity contribution >= 4 is 34.5 Å². The third-order valence-corrected chi connectivity index (χ3v) is 3.37. The topological polar surface area (TPSA) is 86.2 Å². The first-order valence-electron chi connectivity index (χ1n) is 7.96. The monoisotopic (exact) mass is 390 g/mol. The van der Waals surface area contributed by atoms with E-state index in [-0.39, 0.29) is 16.6 Å². The van der Waals surface area contributed by atoms with Gasteiger partial charge in [-0.25, -0.2) is 24.1 Å². The Morgan fingerprint density at radius 2 is 2.00 bits per heavy atom. The molecule has 0 saturated heterocycles. The number of ether oxygens (including phenoxy) is 2. The Kier molecular flexibility index (Phi) is 5.09. The number of hydrogen-bond acceptors (Lipinski definition) is 6. The molecule has 0 fully saturated rings. The van der Waals surface area contributed by atoms with Crippen molar-refractivity contribution in [3.8, 4) is 11.5 Å². The average molecular weight is 391 g/mol. The van der Waals surface area contributed by atoms with E-state index >= 15 is 0 Å². The van der Waals surface area contributed by atoms with Crippen molar-refractivity contribution in [1.29, 1.82) is 0 Å². The summed E-state index contributed by atoms with van der Waals surface area (Å²) in [5.74, 6) is -0.117. The summed E-state index contributed by atoms with van der Waals surface area (Å²) in [5, 5.41) is 2.56. The number of amides is 1. The summed E-state index contributed by atoms with van der Waals surface area (Å²) in [6, 6.07) is 5.60. The molecular weight excluding hydrogens is 375 g/mol. The van der Waals surface area contributed by atoms with Crippen LogP contribution in [0, 0.1) is 5.82 Å². The standard InChI is InChI=1S/C18H16ClFN4O3/c1-18(2,3)27-17(25)23-12-5-4-10(8-11(12)20)26-13-6-7-21-16-15(13)22-9-14(19)24-16/h4-9H,1-3H3,(H,23,25). The van der Waals surface area contributed by atoms with Crippen molar-refractivity contribution in [1.82, 2.24) is 15.0 Å². The normalized spacial score (nSPS) is 11.3. The van der Waals surface area contributed by atoms with Crippen LogP contribution in [0.5, 0.6) is 11.5 Å². The number of benzene rings is 1. The number of halogens is 2. The highest BCUT2D eigenvalue weighted by molar-refractivity contribution is 6.29. The number of hydrogen-bond donors (Lipinski definition) is 1. The molecular formula is C18H16ClFN4O3. The Morgan fingerprint density at radius 3 is 2.70 bits per heavy atom. The van der Waals surface area contributed by atoms with E-state index in [0.29, 0.717) is 16.9 Å². The zero-order valence-electron chi connectivity index (χ0n) is 14.8. The smallest absolute Gasteiger partial charge is 0.412 e. The minimum Gasteiger partial charge on any atom is -0.455 e. The van der Waals surface area contributed by atoms with E-state index < -0.39 is 17.5 Å². The van der Waals surface area contributed by atoms with Crippen LogP contribution in [0.4, 0.5) is 14.9 Å². The number of pyridine rings is 1. The second-order valence-electron chi connectivity index (χ2n) is 6.54. The Labute approximate surface area is 159 Å². The molecule has 0 radical (unpaired) electrons. The van der Waals surface area contributed by atoms with Gasteiger partial charge in [0.05, 0.1) is 11.9 Å². The summed E-state index contributed by atoms with van der Waals surface area (Å²) in [4.78, 5) is 24.0. The number of nitrogens with zero attached hydrogens (tertiary/aromatic N) is 3. The molecule has 0 aliphatic heterocycles. The van der Waals surface area contributed by atoms with E-state index in [0.717, 1.165) is 6.07 Å². The van der Waals surface area contributed by atoms with Crippen molar-refractivity contribution in [2.75, 3.05) is 5.32 Å². The van der Waals surface area contributed by atoms with Crippen LogP contribution in [0.15, 0.2) is 36.7 Å². The van der Waals surface area contributed by atoms with Gasteiger partial charge in [-0.1, -0.05) is 11.6 Å². The Hall–Kier alpha value is -3.00. The molecule has 1 N–H and O–H groups in total. The summed E-state index contributed by atoms with van der Waals surface area (Å²) in [5.41, 5.74) is -0.0136. The Morgan fingerprint density at radius 1 is 1.22 bits per heavy atom. The molecule has 0 atom stereocenters. The van der Waals surface area contributed by atoms with Gasteiger partial charge in [-0.2, -0.15) is 0 Å². The van der Waals surface area contributed by atoms with Gasteiger partial charge in [0.25, 0.3) is 0 Å². The van der Waals surface area contributed by atoms with Crippen molar-refractivity contribution in [3.05, 3.63) is 47.6 Å². The lowest BCUT2D eigenvalue weighted by molar-refractivity contribution is 0.0635. The number of fused-ring (bicyclic) bond motifs is 1. The van der Waals surface area contributed by atoms with Crippen molar-refractivity contribution < 1.29 is 18.7 Å². The maximum absolute atomic E-state index is 14.3. The van der Waals surface area contributed by atoms with Gasteiger partial charge in [0.1, 0.15) is 16.5 Å². The molecule has 3 aromatic rings. The fraction of sp³-hybridized carbons (Fsp3) is 0.222. The van der Waals surface area contributed by atoms with Crippen molar-refractivity contribution in [3.63, 3.8) is 0 Å². The van der Waals surface area contributed by atoms with Crippen molar-refractivity contribution in [2.45, 2.75) is 26.4 Å². The molecule has 0 aliphatic carbocycles. The third kappa shape index (κ3) is 4.79. The average Bonchev–Trinajstić information content (AvgIpc) is 2.55. The van der Waals surface area contributed by atoms with Crippen LogP contribution in [-0.2, 0) is 4.74 Å². The highest BCUT2D eigenvalue weighted by Crippen LogP contribution is 2.29. The van der Waals surface area contributed by atoms with E-state index in [9.17, 15) is 9.18 Å². The van der Waals surface area contributed by atoms with Gasteiger partial charge in [0.2, 0.25) is 0 Å². The zero-order valence-corrected chi connectivity index (χ0v) is 15.5. The molecule has 140 valence electrons. The molecule has 3 rings (SSSR count). The van der Waals surface area contributed by atoms with Crippen LogP contribution >= 0.6 is 11.6 Å². The number of rotatable bonds is 3. The minimum absolute atomic E-state index is 0.0252. The fourth-order valence-electron chi connectivity index (χ4n) is 2.16. The number of carbonyl (C=O) groups is 1. The molecule has 27 heavy (non-hydrogen) atoms. The van der Waals surface area contributed by atoms with Crippen LogP contribution in [-0.4, -0.2) is 26.6 Å². The van der Waals surface area contributed by atoms with Crippen LogP contribution in [0.3, 0.4) is 0 Å². The summed E-state index contributed by atoms with van der Waals surface area (Å²) in [6.07, 6.45) is 2.10. The van der Waals surface area contributed by atoms with Gasteiger partial charge in [0, 0.05) is 18.3 Å². The lowest BCUT2D eigenvalue weighted by Crippen LogP contribution is -2.27. The minimum atomic E-state index is -0.748. The highest BCUT2D eigenvalue weighted by Gasteiger charge is 2.18.